The van der Waals surface area contributed by atoms with Gasteiger partial charge in [-0.2, -0.15) is 0 Å². The number of carbonyl (C=O) groups excluding carboxylic acids is 1. The lowest BCUT2D eigenvalue weighted by molar-refractivity contribution is -0.118. The molecule has 2 aromatic carbocycles. The number of ether oxygens (including phenoxy) is 2. The molecule has 0 aliphatic carbocycles. The summed E-state index contributed by atoms with van der Waals surface area (Å²) in [6.45, 7) is 2.74. The maximum absolute atomic E-state index is 11.4. The van der Waals surface area contributed by atoms with Crippen molar-refractivity contribution in [3.63, 3.8) is 0 Å². The lowest BCUT2D eigenvalue weighted by Crippen LogP contribution is -2.35. The first-order valence-corrected chi connectivity index (χ1v) is 8.41. The Morgan fingerprint density at radius 1 is 1.31 bits per heavy atom. The first-order chi connectivity index (χ1) is 12.5. The molecule has 142 valence electrons. The Morgan fingerprint density at radius 2 is 2.08 bits per heavy atom. The highest BCUT2D eigenvalue weighted by Crippen LogP contribution is 2.31. The zero-order valence-corrected chi connectivity index (χ0v) is 14.4. The summed E-state index contributed by atoms with van der Waals surface area (Å²) < 4.78 is 11.0. The zero-order chi connectivity index (χ0) is 18.5. The maximum Gasteiger partial charge on any atom is 0.262 e. The van der Waals surface area contributed by atoms with Crippen molar-refractivity contribution in [3.8, 4) is 17.2 Å². The predicted molar refractivity (Wildman–Crippen MR) is 101 cm³/mol. The van der Waals surface area contributed by atoms with Crippen molar-refractivity contribution in [3.05, 3.63) is 48.0 Å². The molecule has 2 atom stereocenters. The van der Waals surface area contributed by atoms with Crippen LogP contribution < -0.4 is 20.1 Å². The van der Waals surface area contributed by atoms with Crippen LogP contribution in [0, 0.1) is 0 Å². The largest absolute Gasteiger partial charge is 0.508 e. The lowest BCUT2D eigenvalue weighted by Gasteiger charge is -2.20. The number of nitrogens with one attached hydrogen (secondary N) is 2. The highest BCUT2D eigenvalue weighted by atomic mass is 16.5. The van der Waals surface area contributed by atoms with E-state index in [9.17, 15) is 15.0 Å². The molecule has 4 N–H and O–H groups in total. The first-order valence-electron chi connectivity index (χ1n) is 8.41. The number of phenols is 1. The maximum atomic E-state index is 11.4. The summed E-state index contributed by atoms with van der Waals surface area (Å²) in [4.78, 5) is 11.4. The molecule has 1 aliphatic rings. The average molecular weight is 362 g/mol. The number of hydrogen-bond donors (Lipinski definition) is 4. The molecule has 26 heavy (non-hydrogen) atoms. The molecule has 7 heteroatoms. The number of rotatable bonds is 7. The number of aromatic hydroxyl groups is 1. The molecule has 7 nitrogen and oxygen atoms in total. The van der Waals surface area contributed by atoms with Gasteiger partial charge >= 0.3 is 0 Å². The van der Waals surface area contributed by atoms with Gasteiger partial charge < -0.3 is 30.3 Å². The molecule has 1 amide bonds. The van der Waals surface area contributed by atoms with Crippen LogP contribution in [0.2, 0.25) is 0 Å². The van der Waals surface area contributed by atoms with Crippen LogP contribution in [-0.4, -0.2) is 41.9 Å². The summed E-state index contributed by atoms with van der Waals surface area (Å²) >= 11 is 0. The average Bonchev–Trinajstić information content (AvgIpc) is 2.64. The minimum Gasteiger partial charge on any atom is -0.508 e. The van der Waals surface area contributed by atoms with Crippen molar-refractivity contribution in [2.75, 3.05) is 25.1 Å². The third-order valence-electron chi connectivity index (χ3n) is 4.02. The third kappa shape index (κ3) is 4.65. The predicted octanol–water partition coefficient (Wildman–Crippen LogP) is 2.31. The Hall–Kier alpha value is -2.77. The molecule has 0 aromatic heterocycles. The van der Waals surface area contributed by atoms with Crippen molar-refractivity contribution >= 4 is 11.6 Å². The summed E-state index contributed by atoms with van der Waals surface area (Å²) in [5.41, 5.74) is 1.33. The van der Waals surface area contributed by atoms with Crippen molar-refractivity contribution in [1.29, 1.82) is 0 Å². The molecule has 1 heterocycles. The Kier molecular flexibility index (Phi) is 5.60. The van der Waals surface area contributed by atoms with E-state index < -0.39 is 6.10 Å². The van der Waals surface area contributed by atoms with Crippen LogP contribution in [-0.2, 0) is 4.79 Å². The van der Waals surface area contributed by atoms with Crippen LogP contribution in [0.25, 0.3) is 0 Å². The first kappa shape index (κ1) is 18.0. The normalized spacial score (nSPS) is 15.4. The highest BCUT2D eigenvalue weighted by molar-refractivity contribution is 5.95. The summed E-state index contributed by atoms with van der Waals surface area (Å²) in [5.74, 6) is 1.23. The van der Waals surface area contributed by atoms with Gasteiger partial charge in [-0.1, -0.05) is 12.1 Å². The van der Waals surface area contributed by atoms with Crippen LogP contribution in [0.3, 0.4) is 0 Å². The molecule has 1 aliphatic heterocycles. The molecule has 0 saturated heterocycles. The number of aliphatic hydroxyl groups excluding tert-OH is 1. The topological polar surface area (TPSA) is 100 Å². The Morgan fingerprint density at radius 3 is 2.85 bits per heavy atom. The van der Waals surface area contributed by atoms with Crippen LogP contribution in [0.4, 0.5) is 5.69 Å². The van der Waals surface area contributed by atoms with Gasteiger partial charge in [0.15, 0.2) is 6.61 Å². The number of phenolic OH excluding ortho intramolecular Hbond substituents is 1. The Bertz CT molecular complexity index is 773. The van der Waals surface area contributed by atoms with E-state index in [4.69, 9.17) is 9.47 Å². The van der Waals surface area contributed by atoms with Gasteiger partial charge in [-0.15, -0.1) is 0 Å². The molecular weight excluding hydrogens is 336 g/mol. The van der Waals surface area contributed by atoms with E-state index in [0.717, 1.165) is 5.56 Å². The van der Waals surface area contributed by atoms with E-state index in [2.05, 4.69) is 10.6 Å². The molecular formula is C19H26N2O5. The third-order valence-corrected chi connectivity index (χ3v) is 4.02. The lowest BCUT2D eigenvalue weighted by atomic mass is 10.1. The number of benzene rings is 2. The fourth-order valence-electron chi connectivity index (χ4n) is 2.56. The van der Waals surface area contributed by atoms with Gasteiger partial charge in [0.05, 0.1) is 11.8 Å². The molecule has 2 aromatic rings. The minimum absolute atomic E-state index is 0. The highest BCUT2D eigenvalue weighted by Gasteiger charge is 2.16. The second-order valence-corrected chi connectivity index (χ2v) is 6.22. The van der Waals surface area contributed by atoms with E-state index >= 15 is 0 Å². The molecule has 0 fully saturated rings. The van der Waals surface area contributed by atoms with Gasteiger partial charge in [0.1, 0.15) is 23.9 Å². The summed E-state index contributed by atoms with van der Waals surface area (Å²) in [5, 5.41) is 25.4. The summed E-state index contributed by atoms with van der Waals surface area (Å²) in [6, 6.07) is 11.7. The van der Waals surface area contributed by atoms with Crippen molar-refractivity contribution in [2.45, 2.75) is 19.1 Å². The number of carbonyl (C=O) groups is 1. The molecule has 0 unspecified atom stereocenters. The number of amides is 1. The number of fused-ring (bicyclic) bond motifs is 1. The number of aliphatic hydroxyl groups is 1. The van der Waals surface area contributed by atoms with Gasteiger partial charge in [0, 0.05) is 21.5 Å². The second-order valence-electron chi connectivity index (χ2n) is 6.22. The van der Waals surface area contributed by atoms with Crippen molar-refractivity contribution in [1.82, 2.24) is 5.32 Å². The van der Waals surface area contributed by atoms with Crippen LogP contribution in [0.15, 0.2) is 42.5 Å². The van der Waals surface area contributed by atoms with Gasteiger partial charge in [-0.05, 0) is 36.8 Å². The van der Waals surface area contributed by atoms with Crippen molar-refractivity contribution in [2.24, 2.45) is 0 Å². The van der Waals surface area contributed by atoms with Gasteiger partial charge in [0.25, 0.3) is 5.91 Å². The van der Waals surface area contributed by atoms with E-state index in [1.165, 1.54) is 0 Å². The Labute approximate surface area is 154 Å². The Balaban J connectivity index is 0.00000196. The van der Waals surface area contributed by atoms with Crippen molar-refractivity contribution < 1.29 is 27.3 Å². The van der Waals surface area contributed by atoms with E-state index in [0.29, 0.717) is 30.3 Å². The monoisotopic (exact) mass is 362 g/mol. The molecule has 0 spiro atoms. The van der Waals surface area contributed by atoms with Crippen LogP contribution >= 0.6 is 0 Å². The van der Waals surface area contributed by atoms with Crippen LogP contribution in [0.1, 0.15) is 21.4 Å². The number of hydrogen-bond acceptors (Lipinski definition) is 6. The summed E-state index contributed by atoms with van der Waals surface area (Å²) in [7, 11) is 0. The fraction of sp³-hybridized carbons (Fsp3) is 0.316. The SMILES string of the molecule is C[C@H](COc1ccc2c(c1)NC(=O)CO2)NC[C@H](O)c1ccc(O)cc1.[HH].[HH]. The molecule has 0 bridgehead atoms. The standard InChI is InChI=1S/C19H22N2O5.2H2/c1-12(20-9-17(23)13-2-4-14(22)5-3-13)10-25-15-6-7-18-16(8-15)21-19(24)11-26-18;;/h2-8,12,17,20,22-23H,9-11H2,1H3,(H,21,24);2*1H/t12-,17+;;/m1../s1. The molecule has 3 rings (SSSR count). The van der Waals surface area contributed by atoms with Gasteiger partial charge in [-0.3, -0.25) is 4.79 Å². The molecule has 0 radical (unpaired) electrons. The van der Waals surface area contributed by atoms with E-state index in [1.807, 2.05) is 6.92 Å². The van der Waals surface area contributed by atoms with E-state index in [1.54, 1.807) is 42.5 Å². The van der Waals surface area contributed by atoms with Crippen LogP contribution in [0.5, 0.6) is 17.2 Å². The van der Waals surface area contributed by atoms with Gasteiger partial charge in [-0.25, -0.2) is 0 Å². The quantitative estimate of drug-likeness (QED) is 0.603. The summed E-state index contributed by atoms with van der Waals surface area (Å²) in [6.07, 6.45) is -0.672. The fourth-order valence-corrected chi connectivity index (χ4v) is 2.56. The molecule has 0 saturated carbocycles. The van der Waals surface area contributed by atoms with Gasteiger partial charge in [0.2, 0.25) is 0 Å². The van der Waals surface area contributed by atoms with E-state index in [-0.39, 0.29) is 27.2 Å². The number of anilines is 1. The second kappa shape index (κ2) is 8.07. The minimum atomic E-state index is -0.672. The zero-order valence-electron chi connectivity index (χ0n) is 14.4. The smallest absolute Gasteiger partial charge is 0.262 e.